The summed E-state index contributed by atoms with van der Waals surface area (Å²) in [6.45, 7) is -0.603. The fraction of sp³-hybridized carbons (Fsp3) is 0.429. The number of nitrogens with zero attached hydrogens (tertiary/aromatic N) is 1. The molecule has 1 unspecified atom stereocenters. The molecule has 0 aromatic rings. The van der Waals surface area contributed by atoms with E-state index in [9.17, 15) is 10.1 Å². The lowest BCUT2D eigenvalue weighted by molar-refractivity contribution is -0.558. The topological polar surface area (TPSA) is 83.6 Å². The zero-order chi connectivity index (χ0) is 9.19. The van der Waals surface area contributed by atoms with Crippen molar-refractivity contribution in [1.29, 1.82) is 0 Å². The van der Waals surface area contributed by atoms with Crippen molar-refractivity contribution < 1.29 is 15.1 Å². The molecule has 0 bridgehead atoms. The van der Waals surface area contributed by atoms with Gasteiger partial charge in [-0.3, -0.25) is 10.1 Å². The van der Waals surface area contributed by atoms with E-state index >= 15 is 0 Å². The molecule has 0 heterocycles. The predicted octanol–water partition coefficient (Wildman–Crippen LogP) is 0.396. The lowest BCUT2D eigenvalue weighted by Crippen LogP contribution is -2.41. The summed E-state index contributed by atoms with van der Waals surface area (Å²) in [6.07, 6.45) is 4.01. The van der Waals surface area contributed by atoms with E-state index in [1.165, 1.54) is 12.2 Å². The number of hydrogen-bond acceptors (Lipinski definition) is 4. The summed E-state index contributed by atoms with van der Waals surface area (Å²) in [5.41, 5.74) is -1.53. The molecule has 1 atom stereocenters. The second-order valence-corrected chi connectivity index (χ2v) is 2.69. The molecule has 0 saturated heterocycles. The molecular weight excluding hydrogens is 162 g/mol. The average Bonchev–Trinajstić information content (AvgIpc) is 2.04. The Kier molecular flexibility index (Phi) is 2.14. The van der Waals surface area contributed by atoms with Gasteiger partial charge in [0.05, 0.1) is 0 Å². The molecule has 0 radical (unpaired) electrons. The van der Waals surface area contributed by atoms with Crippen LogP contribution in [-0.4, -0.2) is 27.3 Å². The van der Waals surface area contributed by atoms with Crippen LogP contribution in [0.15, 0.2) is 24.0 Å². The van der Waals surface area contributed by atoms with Crippen LogP contribution in [0.3, 0.4) is 0 Å². The molecule has 5 heteroatoms. The summed E-state index contributed by atoms with van der Waals surface area (Å²) in [7, 11) is 0. The van der Waals surface area contributed by atoms with Crippen LogP contribution in [0.4, 0.5) is 0 Å². The number of aliphatic hydroxyl groups excluding tert-OH is 2. The van der Waals surface area contributed by atoms with Crippen molar-refractivity contribution >= 4 is 0 Å². The molecule has 1 aliphatic carbocycles. The molecule has 1 aliphatic rings. The number of aliphatic hydroxyl groups is 2. The van der Waals surface area contributed by atoms with Crippen LogP contribution in [0.1, 0.15) is 6.42 Å². The van der Waals surface area contributed by atoms with E-state index in [-0.39, 0.29) is 12.2 Å². The van der Waals surface area contributed by atoms with E-state index in [1.807, 2.05) is 0 Å². The minimum atomic E-state index is -1.53. The van der Waals surface area contributed by atoms with E-state index in [2.05, 4.69) is 0 Å². The highest BCUT2D eigenvalue weighted by atomic mass is 16.6. The highest BCUT2D eigenvalue weighted by molar-refractivity contribution is 5.22. The largest absolute Gasteiger partial charge is 0.508 e. The Morgan fingerprint density at radius 1 is 1.75 bits per heavy atom. The Hall–Kier alpha value is -1.36. The number of nitro groups is 1. The van der Waals surface area contributed by atoms with E-state index in [1.54, 1.807) is 0 Å². The Morgan fingerprint density at radius 2 is 2.42 bits per heavy atom. The molecule has 12 heavy (non-hydrogen) atoms. The molecule has 0 aliphatic heterocycles. The van der Waals surface area contributed by atoms with Crippen molar-refractivity contribution in [3.8, 4) is 0 Å². The summed E-state index contributed by atoms with van der Waals surface area (Å²) in [6, 6.07) is 0. The number of rotatable bonds is 2. The first-order valence-corrected chi connectivity index (χ1v) is 3.44. The summed E-state index contributed by atoms with van der Waals surface area (Å²) >= 11 is 0. The third-order valence-electron chi connectivity index (χ3n) is 1.81. The van der Waals surface area contributed by atoms with Crippen LogP contribution in [0.25, 0.3) is 0 Å². The fourth-order valence-corrected chi connectivity index (χ4v) is 1.06. The lowest BCUT2D eigenvalue weighted by atomic mass is 9.92. The van der Waals surface area contributed by atoms with Gasteiger partial charge in [-0.2, -0.15) is 0 Å². The third kappa shape index (κ3) is 1.31. The van der Waals surface area contributed by atoms with Crippen molar-refractivity contribution in [1.82, 2.24) is 0 Å². The van der Waals surface area contributed by atoms with Gasteiger partial charge in [-0.1, -0.05) is 6.08 Å². The molecular formula is C7H9NO4. The fourth-order valence-electron chi connectivity index (χ4n) is 1.06. The van der Waals surface area contributed by atoms with E-state index < -0.39 is 17.1 Å². The minimum absolute atomic E-state index is 0.112. The van der Waals surface area contributed by atoms with Crippen LogP contribution in [-0.2, 0) is 0 Å². The Balaban J connectivity index is 2.97. The molecule has 0 aromatic heterocycles. The van der Waals surface area contributed by atoms with Crippen LogP contribution in [0.5, 0.6) is 0 Å². The van der Waals surface area contributed by atoms with Crippen LogP contribution >= 0.6 is 0 Å². The molecule has 0 aromatic carbocycles. The maximum Gasteiger partial charge on any atom is 0.270 e. The van der Waals surface area contributed by atoms with Gasteiger partial charge in [0.15, 0.2) is 0 Å². The van der Waals surface area contributed by atoms with E-state index in [0.717, 1.165) is 6.08 Å². The molecule has 0 amide bonds. The summed E-state index contributed by atoms with van der Waals surface area (Å²) in [5.74, 6) is -0.174. The van der Waals surface area contributed by atoms with Gasteiger partial charge >= 0.3 is 0 Å². The Labute approximate surface area is 68.8 Å². The van der Waals surface area contributed by atoms with Crippen molar-refractivity contribution in [2.24, 2.45) is 0 Å². The predicted molar refractivity (Wildman–Crippen MR) is 41.3 cm³/mol. The molecule has 0 saturated carbocycles. The second kappa shape index (κ2) is 2.94. The zero-order valence-corrected chi connectivity index (χ0v) is 6.30. The molecule has 0 spiro atoms. The molecule has 66 valence electrons. The SMILES string of the molecule is O=[N+]([O-])C1(CO)C=C(O)C=CC1. The second-order valence-electron chi connectivity index (χ2n) is 2.69. The highest BCUT2D eigenvalue weighted by Gasteiger charge is 2.40. The van der Waals surface area contributed by atoms with Gasteiger partial charge in [-0.05, 0) is 6.08 Å². The summed E-state index contributed by atoms with van der Waals surface area (Å²) in [5, 5.41) is 28.3. The molecule has 0 fully saturated rings. The van der Waals surface area contributed by atoms with Gasteiger partial charge in [0.25, 0.3) is 5.54 Å². The maximum atomic E-state index is 10.5. The van der Waals surface area contributed by atoms with Gasteiger partial charge in [0.2, 0.25) is 0 Å². The Bertz CT molecular complexity index is 258. The van der Waals surface area contributed by atoms with Crippen LogP contribution in [0, 0.1) is 10.1 Å². The maximum absolute atomic E-state index is 10.5. The lowest BCUT2D eigenvalue weighted by Gasteiger charge is -2.20. The Morgan fingerprint density at radius 3 is 2.75 bits per heavy atom. The van der Waals surface area contributed by atoms with Crippen molar-refractivity contribution in [3.05, 3.63) is 34.1 Å². The van der Waals surface area contributed by atoms with Crippen LogP contribution < -0.4 is 0 Å². The van der Waals surface area contributed by atoms with Crippen molar-refractivity contribution in [3.63, 3.8) is 0 Å². The van der Waals surface area contributed by atoms with E-state index in [0.29, 0.717) is 0 Å². The molecule has 1 rings (SSSR count). The average molecular weight is 171 g/mol. The monoisotopic (exact) mass is 171 g/mol. The van der Waals surface area contributed by atoms with Gasteiger partial charge in [-0.25, -0.2) is 0 Å². The standard InChI is InChI=1S/C7H9NO4/c9-5-7(8(11)12)3-1-2-6(10)4-7/h1-2,4,9-10H,3,5H2. The molecule has 5 nitrogen and oxygen atoms in total. The van der Waals surface area contributed by atoms with Gasteiger partial charge in [0, 0.05) is 17.4 Å². The van der Waals surface area contributed by atoms with Gasteiger partial charge in [0.1, 0.15) is 12.4 Å². The number of hydrogen-bond donors (Lipinski definition) is 2. The first-order valence-electron chi connectivity index (χ1n) is 3.44. The quantitative estimate of drug-likeness (QED) is 0.465. The first-order chi connectivity index (χ1) is 5.60. The van der Waals surface area contributed by atoms with E-state index in [4.69, 9.17) is 10.2 Å². The third-order valence-corrected chi connectivity index (χ3v) is 1.81. The van der Waals surface area contributed by atoms with Crippen molar-refractivity contribution in [2.45, 2.75) is 12.0 Å². The zero-order valence-electron chi connectivity index (χ0n) is 6.30. The molecule has 2 N–H and O–H groups in total. The van der Waals surface area contributed by atoms with Gasteiger partial charge in [-0.15, -0.1) is 0 Å². The smallest absolute Gasteiger partial charge is 0.270 e. The van der Waals surface area contributed by atoms with Crippen LogP contribution in [0.2, 0.25) is 0 Å². The van der Waals surface area contributed by atoms with Crippen molar-refractivity contribution in [2.75, 3.05) is 6.61 Å². The normalized spacial score (nSPS) is 28.2. The minimum Gasteiger partial charge on any atom is -0.508 e. The summed E-state index contributed by atoms with van der Waals surface area (Å²) < 4.78 is 0. The van der Waals surface area contributed by atoms with Gasteiger partial charge < -0.3 is 10.2 Å². The first kappa shape index (κ1) is 8.73. The highest BCUT2D eigenvalue weighted by Crippen LogP contribution is 2.23. The summed E-state index contributed by atoms with van der Waals surface area (Å²) in [4.78, 5) is 9.92. The number of allylic oxidation sites excluding steroid dienone is 1.